The van der Waals surface area contributed by atoms with Gasteiger partial charge in [0.2, 0.25) is 0 Å². The molecule has 1 N–H and O–H groups in total. The van der Waals surface area contributed by atoms with Crippen molar-refractivity contribution in [1.82, 2.24) is 15.1 Å². The predicted molar refractivity (Wildman–Crippen MR) is 70.0 cm³/mol. The van der Waals surface area contributed by atoms with Gasteiger partial charge in [-0.1, -0.05) is 6.92 Å². The summed E-state index contributed by atoms with van der Waals surface area (Å²) in [4.78, 5) is 11.9. The molecule has 0 saturated carbocycles. The molecule has 5 heteroatoms. The molecule has 0 aromatic carbocycles. The van der Waals surface area contributed by atoms with Gasteiger partial charge in [-0.05, 0) is 41.4 Å². The van der Waals surface area contributed by atoms with Gasteiger partial charge in [0.1, 0.15) is 5.78 Å². The van der Waals surface area contributed by atoms with Gasteiger partial charge in [0.05, 0.1) is 15.9 Å². The third kappa shape index (κ3) is 2.77. The summed E-state index contributed by atoms with van der Waals surface area (Å²) in [6.45, 7) is 4.04. The van der Waals surface area contributed by atoms with Gasteiger partial charge >= 0.3 is 0 Å². The Hall–Kier alpha value is -0.680. The highest BCUT2D eigenvalue weighted by atomic mass is 79.9. The van der Waals surface area contributed by atoms with Crippen molar-refractivity contribution in [3.63, 3.8) is 0 Å². The topological polar surface area (TPSA) is 46.9 Å². The highest BCUT2D eigenvalue weighted by Gasteiger charge is 2.22. The van der Waals surface area contributed by atoms with Crippen LogP contribution >= 0.6 is 15.9 Å². The van der Waals surface area contributed by atoms with Gasteiger partial charge in [0, 0.05) is 19.9 Å². The van der Waals surface area contributed by atoms with Gasteiger partial charge < -0.3 is 5.32 Å². The monoisotopic (exact) mass is 299 g/mol. The summed E-state index contributed by atoms with van der Waals surface area (Å²) in [5.41, 5.74) is 2.03. The first-order valence-electron chi connectivity index (χ1n) is 6.04. The number of Topliss-reactive ketones (excluding diaryl/α,β-unsaturated/α-hetero) is 1. The van der Waals surface area contributed by atoms with E-state index in [1.807, 2.05) is 11.7 Å². The van der Waals surface area contributed by atoms with E-state index in [-0.39, 0.29) is 0 Å². The van der Waals surface area contributed by atoms with E-state index in [2.05, 4.69) is 33.3 Å². The molecule has 1 aromatic rings. The van der Waals surface area contributed by atoms with E-state index in [9.17, 15) is 4.79 Å². The number of aryl methyl sites for hydroxylation is 2. The number of nitrogens with one attached hydrogen (secondary N) is 1. The Morgan fingerprint density at radius 1 is 1.59 bits per heavy atom. The second-order valence-corrected chi connectivity index (χ2v) is 5.42. The largest absolute Gasteiger partial charge is 0.316 e. The fourth-order valence-electron chi connectivity index (χ4n) is 2.09. The van der Waals surface area contributed by atoms with Gasteiger partial charge in [0.15, 0.2) is 0 Å². The smallest absolute Gasteiger partial charge is 0.139 e. The molecule has 1 fully saturated rings. The number of carbonyl (C=O) groups is 1. The number of hydrogen-bond acceptors (Lipinski definition) is 3. The minimum absolute atomic E-state index is 0.308. The molecule has 4 nitrogen and oxygen atoms in total. The molecule has 17 heavy (non-hydrogen) atoms. The lowest BCUT2D eigenvalue weighted by atomic mass is 9.95. The van der Waals surface area contributed by atoms with E-state index in [1.54, 1.807) is 0 Å². The fraction of sp³-hybridized carbons (Fsp3) is 0.667. The second-order valence-electron chi connectivity index (χ2n) is 4.63. The molecule has 0 unspecified atom stereocenters. The number of carbonyl (C=O) groups excluding carboxylic acids is 1. The highest BCUT2D eigenvalue weighted by Crippen LogP contribution is 2.23. The predicted octanol–water partition coefficient (Wildman–Crippen LogP) is 1.47. The molecule has 1 aromatic heterocycles. The molecule has 0 bridgehead atoms. The van der Waals surface area contributed by atoms with Crippen molar-refractivity contribution in [2.75, 3.05) is 13.1 Å². The molecule has 94 valence electrons. The summed E-state index contributed by atoms with van der Waals surface area (Å²) in [6, 6.07) is 0. The normalized spacial score (nSPS) is 15.9. The number of hydrogen-bond donors (Lipinski definition) is 1. The Kier molecular flexibility index (Phi) is 3.99. The van der Waals surface area contributed by atoms with Crippen LogP contribution in [-0.4, -0.2) is 28.7 Å². The Morgan fingerprint density at radius 3 is 2.76 bits per heavy atom. The summed E-state index contributed by atoms with van der Waals surface area (Å²) < 4.78 is 2.82. The van der Waals surface area contributed by atoms with Crippen molar-refractivity contribution < 1.29 is 4.79 Å². The van der Waals surface area contributed by atoms with Crippen molar-refractivity contribution >= 4 is 21.7 Å². The van der Waals surface area contributed by atoms with Gasteiger partial charge in [-0.2, -0.15) is 5.10 Å². The maximum absolute atomic E-state index is 11.9. The van der Waals surface area contributed by atoms with Crippen molar-refractivity contribution in [3.05, 3.63) is 15.9 Å². The highest BCUT2D eigenvalue weighted by molar-refractivity contribution is 9.10. The van der Waals surface area contributed by atoms with Gasteiger partial charge in [0.25, 0.3) is 0 Å². The molecule has 2 rings (SSSR count). The lowest BCUT2D eigenvalue weighted by Gasteiger charge is -2.26. The van der Waals surface area contributed by atoms with Crippen LogP contribution in [0.3, 0.4) is 0 Å². The summed E-state index contributed by atoms with van der Waals surface area (Å²) in [5.74, 6) is 0.850. The summed E-state index contributed by atoms with van der Waals surface area (Å²) in [5, 5.41) is 7.59. The number of halogens is 1. The molecule has 0 radical (unpaired) electrons. The maximum atomic E-state index is 11.9. The van der Waals surface area contributed by atoms with Crippen LogP contribution in [0, 0.1) is 5.92 Å². The van der Waals surface area contributed by atoms with Crippen molar-refractivity contribution in [2.24, 2.45) is 13.0 Å². The lowest BCUT2D eigenvalue weighted by Crippen LogP contribution is -2.43. The van der Waals surface area contributed by atoms with Crippen LogP contribution in [0.25, 0.3) is 0 Å². The minimum atomic E-state index is 0.308. The third-order valence-electron chi connectivity index (χ3n) is 3.25. The quantitative estimate of drug-likeness (QED) is 0.895. The lowest BCUT2D eigenvalue weighted by molar-refractivity contribution is -0.119. The maximum Gasteiger partial charge on any atom is 0.139 e. The first-order chi connectivity index (χ1) is 8.11. The molecule has 0 spiro atoms. The summed E-state index contributed by atoms with van der Waals surface area (Å²) in [7, 11) is 1.90. The number of ketones is 1. The molecule has 1 saturated heterocycles. The van der Waals surface area contributed by atoms with Crippen LogP contribution in [0.2, 0.25) is 0 Å². The summed E-state index contributed by atoms with van der Waals surface area (Å²) >= 11 is 3.54. The van der Waals surface area contributed by atoms with Gasteiger partial charge in [-0.15, -0.1) is 0 Å². The van der Waals surface area contributed by atoms with Crippen molar-refractivity contribution in [2.45, 2.75) is 26.2 Å². The van der Waals surface area contributed by atoms with E-state index in [0.29, 0.717) is 24.5 Å². The summed E-state index contributed by atoms with van der Waals surface area (Å²) in [6.07, 6.45) is 2.06. The molecule has 0 atom stereocenters. The Morgan fingerprint density at radius 2 is 2.29 bits per heavy atom. The molecule has 1 aliphatic heterocycles. The standard InChI is InChI=1S/C12H18BrN3O/c1-3-10-12(13)11(16(2)15-10)5-9(17)4-8-6-14-7-8/h8,14H,3-7H2,1-2H3. The first-order valence-corrected chi connectivity index (χ1v) is 6.83. The zero-order valence-electron chi connectivity index (χ0n) is 10.3. The molecule has 1 aliphatic rings. The molecule has 2 heterocycles. The van der Waals surface area contributed by atoms with Crippen molar-refractivity contribution in [3.8, 4) is 0 Å². The Bertz CT molecular complexity index is 424. The van der Waals surface area contributed by atoms with Crippen molar-refractivity contribution in [1.29, 1.82) is 0 Å². The van der Waals surface area contributed by atoms with E-state index < -0.39 is 0 Å². The van der Waals surface area contributed by atoms with Gasteiger partial charge in [-0.25, -0.2) is 0 Å². The van der Waals surface area contributed by atoms with Crippen LogP contribution in [0.4, 0.5) is 0 Å². The first kappa shape index (κ1) is 12.8. The molecule has 0 amide bonds. The minimum Gasteiger partial charge on any atom is -0.316 e. The number of rotatable bonds is 5. The average molecular weight is 300 g/mol. The zero-order chi connectivity index (χ0) is 12.4. The van der Waals surface area contributed by atoms with Gasteiger partial charge in [-0.3, -0.25) is 9.48 Å². The van der Waals surface area contributed by atoms with E-state index in [1.165, 1.54) is 0 Å². The molecular formula is C12H18BrN3O. The Labute approximate surface area is 110 Å². The number of aromatic nitrogens is 2. The van der Waals surface area contributed by atoms with Crippen LogP contribution in [0.5, 0.6) is 0 Å². The van der Waals surface area contributed by atoms with E-state index in [0.717, 1.165) is 35.4 Å². The van der Waals surface area contributed by atoms with Crippen LogP contribution in [0.1, 0.15) is 24.7 Å². The Balaban J connectivity index is 2.01. The van der Waals surface area contributed by atoms with Crippen LogP contribution < -0.4 is 5.32 Å². The zero-order valence-corrected chi connectivity index (χ0v) is 11.9. The molecule has 0 aliphatic carbocycles. The van der Waals surface area contributed by atoms with E-state index >= 15 is 0 Å². The average Bonchev–Trinajstić information content (AvgIpc) is 2.51. The van der Waals surface area contributed by atoms with Crippen LogP contribution in [0.15, 0.2) is 4.47 Å². The molecular weight excluding hydrogens is 282 g/mol. The van der Waals surface area contributed by atoms with Crippen LogP contribution in [-0.2, 0) is 24.7 Å². The number of nitrogens with zero attached hydrogens (tertiary/aromatic N) is 2. The van der Waals surface area contributed by atoms with E-state index in [4.69, 9.17) is 0 Å². The third-order valence-corrected chi connectivity index (χ3v) is 4.17. The SMILES string of the molecule is CCc1nn(C)c(CC(=O)CC2CNC2)c1Br. The second kappa shape index (κ2) is 5.31. The fourth-order valence-corrected chi connectivity index (χ4v) is 2.84.